The molecule has 1 atom stereocenters. The quantitative estimate of drug-likeness (QED) is 0.799. The third-order valence-electron chi connectivity index (χ3n) is 3.69. The lowest BCUT2D eigenvalue weighted by atomic mass is 10.0. The summed E-state index contributed by atoms with van der Waals surface area (Å²) in [6, 6.07) is 10.8. The van der Waals surface area contributed by atoms with Gasteiger partial charge in [-0.1, -0.05) is 32.9 Å². The largest absolute Gasteiger partial charge is 0.352 e. The standard InChI is InChI=1S/C18H26N4/c1-6-13(4)19-18-20-14(5)11-17(22-18)21-16-9-7-15(8-10-16)12(2)3/h7-13H,6H2,1-5H3,(H2,19,20,21,22). The van der Waals surface area contributed by atoms with Gasteiger partial charge >= 0.3 is 0 Å². The van der Waals surface area contributed by atoms with Gasteiger partial charge in [-0.2, -0.15) is 4.98 Å². The molecule has 0 bridgehead atoms. The van der Waals surface area contributed by atoms with E-state index in [2.05, 4.69) is 72.6 Å². The summed E-state index contributed by atoms with van der Waals surface area (Å²) >= 11 is 0. The molecule has 1 unspecified atom stereocenters. The van der Waals surface area contributed by atoms with Crippen molar-refractivity contribution in [1.82, 2.24) is 9.97 Å². The molecule has 4 nitrogen and oxygen atoms in total. The second-order valence-electron chi connectivity index (χ2n) is 6.07. The van der Waals surface area contributed by atoms with Crippen molar-refractivity contribution < 1.29 is 0 Å². The number of anilines is 3. The van der Waals surface area contributed by atoms with Crippen LogP contribution in [0.5, 0.6) is 0 Å². The first-order valence-electron chi connectivity index (χ1n) is 7.97. The Balaban J connectivity index is 2.14. The van der Waals surface area contributed by atoms with Gasteiger partial charge in [-0.3, -0.25) is 0 Å². The molecule has 2 aromatic rings. The highest BCUT2D eigenvalue weighted by Crippen LogP contribution is 2.20. The molecule has 0 spiro atoms. The Labute approximate surface area is 133 Å². The van der Waals surface area contributed by atoms with Gasteiger partial charge in [0.2, 0.25) is 5.95 Å². The smallest absolute Gasteiger partial charge is 0.225 e. The van der Waals surface area contributed by atoms with Gasteiger partial charge in [0, 0.05) is 23.5 Å². The van der Waals surface area contributed by atoms with Gasteiger partial charge < -0.3 is 10.6 Å². The highest BCUT2D eigenvalue weighted by Gasteiger charge is 2.06. The molecule has 1 aromatic heterocycles. The van der Waals surface area contributed by atoms with Crippen molar-refractivity contribution in [2.24, 2.45) is 0 Å². The average Bonchev–Trinajstić information content (AvgIpc) is 2.47. The zero-order valence-corrected chi connectivity index (χ0v) is 14.1. The van der Waals surface area contributed by atoms with E-state index in [1.165, 1.54) is 5.56 Å². The van der Waals surface area contributed by atoms with Crippen LogP contribution in [0.25, 0.3) is 0 Å². The summed E-state index contributed by atoms with van der Waals surface area (Å²) in [5.41, 5.74) is 3.32. The van der Waals surface area contributed by atoms with Crippen molar-refractivity contribution in [3.63, 3.8) is 0 Å². The highest BCUT2D eigenvalue weighted by atomic mass is 15.2. The molecule has 2 rings (SSSR count). The molecule has 0 aliphatic rings. The molecule has 0 saturated heterocycles. The first-order chi connectivity index (χ1) is 10.5. The lowest BCUT2D eigenvalue weighted by Crippen LogP contribution is -2.16. The molecule has 0 saturated carbocycles. The number of hydrogen-bond acceptors (Lipinski definition) is 4. The molecular formula is C18H26N4. The molecule has 2 N–H and O–H groups in total. The Kier molecular flexibility index (Phi) is 5.36. The van der Waals surface area contributed by atoms with Crippen molar-refractivity contribution in [1.29, 1.82) is 0 Å². The number of nitrogens with zero attached hydrogens (tertiary/aromatic N) is 2. The summed E-state index contributed by atoms with van der Waals surface area (Å²) in [7, 11) is 0. The fraction of sp³-hybridized carbons (Fsp3) is 0.444. The van der Waals surface area contributed by atoms with Crippen molar-refractivity contribution in [3.05, 3.63) is 41.6 Å². The summed E-state index contributed by atoms with van der Waals surface area (Å²) in [5.74, 6) is 2.04. The van der Waals surface area contributed by atoms with Crippen LogP contribution in [0.4, 0.5) is 17.5 Å². The van der Waals surface area contributed by atoms with Crippen molar-refractivity contribution >= 4 is 17.5 Å². The maximum atomic E-state index is 4.54. The molecule has 0 amide bonds. The second kappa shape index (κ2) is 7.25. The fourth-order valence-electron chi connectivity index (χ4n) is 2.12. The Hall–Kier alpha value is -2.10. The molecule has 22 heavy (non-hydrogen) atoms. The van der Waals surface area contributed by atoms with Gasteiger partial charge in [-0.05, 0) is 43.9 Å². The van der Waals surface area contributed by atoms with E-state index < -0.39 is 0 Å². The predicted molar refractivity (Wildman–Crippen MR) is 94.0 cm³/mol. The van der Waals surface area contributed by atoms with Crippen LogP contribution in [-0.2, 0) is 0 Å². The van der Waals surface area contributed by atoms with Gasteiger partial charge in [-0.25, -0.2) is 4.98 Å². The van der Waals surface area contributed by atoms with Crippen molar-refractivity contribution in [2.75, 3.05) is 10.6 Å². The monoisotopic (exact) mass is 298 g/mol. The molecule has 118 valence electrons. The first kappa shape index (κ1) is 16.3. The number of nitrogens with one attached hydrogen (secondary N) is 2. The maximum absolute atomic E-state index is 4.54. The topological polar surface area (TPSA) is 49.8 Å². The Bertz CT molecular complexity index is 605. The van der Waals surface area contributed by atoms with E-state index in [1.54, 1.807) is 0 Å². The van der Waals surface area contributed by atoms with Crippen LogP contribution < -0.4 is 10.6 Å². The summed E-state index contributed by atoms with van der Waals surface area (Å²) in [6.07, 6.45) is 1.04. The summed E-state index contributed by atoms with van der Waals surface area (Å²) in [6.45, 7) is 10.6. The third kappa shape index (κ3) is 4.45. The molecule has 0 fully saturated rings. The van der Waals surface area contributed by atoms with Crippen molar-refractivity contribution in [2.45, 2.75) is 53.0 Å². The summed E-state index contributed by atoms with van der Waals surface area (Å²) in [5, 5.41) is 6.67. The molecule has 0 radical (unpaired) electrons. The Morgan fingerprint density at radius 2 is 1.73 bits per heavy atom. The van der Waals surface area contributed by atoms with Crippen LogP contribution in [0.2, 0.25) is 0 Å². The third-order valence-corrected chi connectivity index (χ3v) is 3.69. The highest BCUT2D eigenvalue weighted by molar-refractivity contribution is 5.58. The van der Waals surface area contributed by atoms with Crippen LogP contribution >= 0.6 is 0 Å². The van der Waals surface area contributed by atoms with Gasteiger partial charge in [0.1, 0.15) is 5.82 Å². The van der Waals surface area contributed by atoms with Gasteiger partial charge in [-0.15, -0.1) is 0 Å². The minimum atomic E-state index is 0.361. The van der Waals surface area contributed by atoms with Crippen LogP contribution in [0.3, 0.4) is 0 Å². The molecular weight excluding hydrogens is 272 g/mol. The van der Waals surface area contributed by atoms with Crippen molar-refractivity contribution in [3.8, 4) is 0 Å². The molecule has 0 aliphatic carbocycles. The SMILES string of the molecule is CCC(C)Nc1nc(C)cc(Nc2ccc(C(C)C)cc2)n1. The summed E-state index contributed by atoms with van der Waals surface area (Å²) < 4.78 is 0. The molecule has 0 aliphatic heterocycles. The molecule has 1 heterocycles. The maximum Gasteiger partial charge on any atom is 0.225 e. The second-order valence-corrected chi connectivity index (χ2v) is 6.07. The number of aryl methyl sites for hydroxylation is 1. The van der Waals surface area contributed by atoms with E-state index in [9.17, 15) is 0 Å². The van der Waals surface area contributed by atoms with Gasteiger partial charge in [0.05, 0.1) is 0 Å². The van der Waals surface area contributed by atoms with E-state index in [1.807, 2.05) is 13.0 Å². The number of rotatable bonds is 6. The normalized spacial score (nSPS) is 12.3. The number of hydrogen-bond donors (Lipinski definition) is 2. The van der Waals surface area contributed by atoms with E-state index >= 15 is 0 Å². The number of aromatic nitrogens is 2. The lowest BCUT2D eigenvalue weighted by Gasteiger charge is -2.14. The lowest BCUT2D eigenvalue weighted by molar-refractivity contribution is 0.752. The van der Waals surface area contributed by atoms with E-state index in [4.69, 9.17) is 0 Å². The zero-order chi connectivity index (χ0) is 16.1. The van der Waals surface area contributed by atoms with E-state index in [0.717, 1.165) is 23.6 Å². The molecule has 1 aromatic carbocycles. The molecule has 4 heteroatoms. The summed E-state index contributed by atoms with van der Waals surface area (Å²) in [4.78, 5) is 8.98. The van der Waals surface area contributed by atoms with E-state index in [-0.39, 0.29) is 0 Å². The fourth-order valence-corrected chi connectivity index (χ4v) is 2.12. The van der Waals surface area contributed by atoms with Crippen LogP contribution in [0, 0.1) is 6.92 Å². The van der Waals surface area contributed by atoms with Crippen LogP contribution in [0.1, 0.15) is 51.3 Å². The Morgan fingerprint density at radius 1 is 1.05 bits per heavy atom. The number of benzene rings is 1. The zero-order valence-electron chi connectivity index (χ0n) is 14.1. The average molecular weight is 298 g/mol. The Morgan fingerprint density at radius 3 is 2.32 bits per heavy atom. The van der Waals surface area contributed by atoms with Gasteiger partial charge in [0.25, 0.3) is 0 Å². The van der Waals surface area contributed by atoms with Crippen LogP contribution in [-0.4, -0.2) is 16.0 Å². The minimum absolute atomic E-state index is 0.361. The predicted octanol–water partition coefficient (Wildman–Crippen LogP) is 4.86. The van der Waals surface area contributed by atoms with Crippen LogP contribution in [0.15, 0.2) is 30.3 Å². The minimum Gasteiger partial charge on any atom is -0.352 e. The van der Waals surface area contributed by atoms with E-state index in [0.29, 0.717) is 17.9 Å². The van der Waals surface area contributed by atoms with Gasteiger partial charge in [0.15, 0.2) is 0 Å². The first-order valence-corrected chi connectivity index (χ1v) is 7.97.